The molecular formula is C16H22O2. The molecule has 1 aliphatic rings. The van der Waals surface area contributed by atoms with Crippen LogP contribution in [0.5, 0.6) is 0 Å². The number of aryl methyl sites for hydroxylation is 3. The number of methoxy groups -OCH3 is 1. The molecule has 1 aliphatic carbocycles. The van der Waals surface area contributed by atoms with E-state index in [9.17, 15) is 4.79 Å². The zero-order valence-electron chi connectivity index (χ0n) is 11.8. The Morgan fingerprint density at radius 1 is 1.17 bits per heavy atom. The Labute approximate surface area is 109 Å². The Bertz CT molecular complexity index is 470. The summed E-state index contributed by atoms with van der Waals surface area (Å²) in [6.45, 7) is 6.39. The topological polar surface area (TPSA) is 26.3 Å². The van der Waals surface area contributed by atoms with Crippen LogP contribution in [-0.4, -0.2) is 13.1 Å². The molecule has 0 unspecified atom stereocenters. The lowest BCUT2D eigenvalue weighted by Gasteiger charge is -2.39. The molecule has 0 heterocycles. The second kappa shape index (κ2) is 4.75. The highest BCUT2D eigenvalue weighted by molar-refractivity contribution is 5.78. The molecule has 2 nitrogen and oxygen atoms in total. The van der Waals surface area contributed by atoms with Crippen LogP contribution in [0.1, 0.15) is 41.5 Å². The highest BCUT2D eigenvalue weighted by atomic mass is 16.5. The van der Waals surface area contributed by atoms with Crippen LogP contribution in [0, 0.1) is 26.2 Å². The van der Waals surface area contributed by atoms with Gasteiger partial charge in [0.2, 0.25) is 0 Å². The Morgan fingerprint density at radius 3 is 2.28 bits per heavy atom. The normalized spacial score (nSPS) is 17.1. The summed E-state index contributed by atoms with van der Waals surface area (Å²) in [5.74, 6) is -0.0358. The van der Waals surface area contributed by atoms with Crippen LogP contribution in [0.25, 0.3) is 0 Å². The van der Waals surface area contributed by atoms with Gasteiger partial charge in [-0.2, -0.15) is 0 Å². The summed E-state index contributed by atoms with van der Waals surface area (Å²) in [6.07, 6.45) is 3.89. The van der Waals surface area contributed by atoms with Gasteiger partial charge in [-0.15, -0.1) is 0 Å². The average molecular weight is 246 g/mol. The molecule has 0 aliphatic heterocycles. The largest absolute Gasteiger partial charge is 0.469 e. The number of esters is 1. The summed E-state index contributed by atoms with van der Waals surface area (Å²) in [7, 11) is 1.50. The minimum atomic E-state index is -0.249. The first-order chi connectivity index (χ1) is 8.48. The molecule has 1 saturated carbocycles. The maximum Gasteiger partial charge on any atom is 0.312 e. The van der Waals surface area contributed by atoms with Crippen molar-refractivity contribution in [3.63, 3.8) is 0 Å². The van der Waals surface area contributed by atoms with E-state index in [1.54, 1.807) is 0 Å². The lowest BCUT2D eigenvalue weighted by molar-refractivity contribution is -0.158. The monoisotopic (exact) mass is 246 g/mol. The van der Waals surface area contributed by atoms with Gasteiger partial charge in [-0.05, 0) is 62.3 Å². The molecule has 1 aromatic carbocycles. The quantitative estimate of drug-likeness (QED) is 0.763. The van der Waals surface area contributed by atoms with Crippen LogP contribution >= 0.6 is 0 Å². The van der Waals surface area contributed by atoms with Crippen LogP contribution in [0.3, 0.4) is 0 Å². The number of hydrogen-bond acceptors (Lipinski definition) is 2. The first kappa shape index (κ1) is 13.1. The van der Waals surface area contributed by atoms with E-state index in [4.69, 9.17) is 4.74 Å². The molecule has 1 fully saturated rings. The van der Waals surface area contributed by atoms with Crippen molar-refractivity contribution in [1.82, 2.24) is 0 Å². The fraction of sp³-hybridized carbons (Fsp3) is 0.562. The zero-order valence-corrected chi connectivity index (χ0v) is 11.8. The van der Waals surface area contributed by atoms with Crippen molar-refractivity contribution in [3.05, 3.63) is 34.4 Å². The fourth-order valence-electron chi connectivity index (χ4n) is 2.85. The minimum Gasteiger partial charge on any atom is -0.469 e. The third-order valence-electron chi connectivity index (χ3n) is 4.41. The van der Waals surface area contributed by atoms with E-state index >= 15 is 0 Å². The molecule has 18 heavy (non-hydrogen) atoms. The summed E-state index contributed by atoms with van der Waals surface area (Å²) < 4.78 is 4.98. The first-order valence-electron chi connectivity index (χ1n) is 6.64. The van der Waals surface area contributed by atoms with Crippen molar-refractivity contribution in [2.24, 2.45) is 5.41 Å². The van der Waals surface area contributed by atoms with Gasteiger partial charge in [-0.1, -0.05) is 18.6 Å². The molecular weight excluding hydrogens is 224 g/mol. The van der Waals surface area contributed by atoms with E-state index in [2.05, 4.69) is 32.9 Å². The summed E-state index contributed by atoms with van der Waals surface area (Å²) in [4.78, 5) is 12.0. The van der Waals surface area contributed by atoms with E-state index in [1.807, 2.05) is 0 Å². The molecule has 98 valence electrons. The van der Waals surface area contributed by atoms with Crippen LogP contribution in [0.4, 0.5) is 0 Å². The lowest BCUT2D eigenvalue weighted by Crippen LogP contribution is -2.41. The van der Waals surface area contributed by atoms with Crippen molar-refractivity contribution >= 4 is 5.97 Å². The first-order valence-corrected chi connectivity index (χ1v) is 6.64. The zero-order chi connectivity index (χ0) is 13.3. The standard InChI is InChI=1S/C16H22O2/c1-11-8-13(3)14(9-12(11)2)10-16(6-5-7-16)15(17)18-4/h8-9H,5-7,10H2,1-4H3. The molecule has 0 bridgehead atoms. The van der Waals surface area contributed by atoms with Gasteiger partial charge in [0.1, 0.15) is 0 Å². The van der Waals surface area contributed by atoms with Gasteiger partial charge in [0.05, 0.1) is 12.5 Å². The van der Waals surface area contributed by atoms with Gasteiger partial charge >= 0.3 is 5.97 Å². The number of hydrogen-bond donors (Lipinski definition) is 0. The molecule has 1 aromatic rings. The van der Waals surface area contributed by atoms with Gasteiger partial charge in [0.25, 0.3) is 0 Å². The number of carbonyl (C=O) groups is 1. The number of benzene rings is 1. The van der Waals surface area contributed by atoms with Gasteiger partial charge in [-0.25, -0.2) is 0 Å². The Morgan fingerprint density at radius 2 is 1.78 bits per heavy atom. The van der Waals surface area contributed by atoms with E-state index < -0.39 is 0 Å². The Kier molecular flexibility index (Phi) is 3.47. The molecule has 0 radical (unpaired) electrons. The van der Waals surface area contributed by atoms with Crippen molar-refractivity contribution in [2.45, 2.75) is 46.5 Å². The van der Waals surface area contributed by atoms with Gasteiger partial charge in [0.15, 0.2) is 0 Å². The highest BCUT2D eigenvalue weighted by Gasteiger charge is 2.45. The highest BCUT2D eigenvalue weighted by Crippen LogP contribution is 2.45. The third-order valence-corrected chi connectivity index (χ3v) is 4.41. The van der Waals surface area contributed by atoms with Crippen LogP contribution in [0.2, 0.25) is 0 Å². The minimum absolute atomic E-state index is 0.0358. The number of ether oxygens (including phenoxy) is 1. The predicted molar refractivity (Wildman–Crippen MR) is 72.7 cm³/mol. The predicted octanol–water partition coefficient (Wildman–Crippen LogP) is 3.50. The molecule has 0 amide bonds. The van der Waals surface area contributed by atoms with E-state index in [-0.39, 0.29) is 11.4 Å². The number of rotatable bonds is 3. The molecule has 0 spiro atoms. The summed E-state index contributed by atoms with van der Waals surface area (Å²) in [5, 5.41) is 0. The van der Waals surface area contributed by atoms with Crippen molar-refractivity contribution in [1.29, 1.82) is 0 Å². The molecule has 0 atom stereocenters. The second-order valence-electron chi connectivity index (χ2n) is 5.67. The SMILES string of the molecule is COC(=O)C1(Cc2cc(C)c(C)cc2C)CCC1. The van der Waals surface area contributed by atoms with E-state index in [0.717, 1.165) is 25.7 Å². The van der Waals surface area contributed by atoms with Crippen molar-refractivity contribution in [2.75, 3.05) is 7.11 Å². The average Bonchev–Trinajstić information content (AvgIpc) is 2.29. The molecule has 0 aromatic heterocycles. The summed E-state index contributed by atoms with van der Waals surface area (Å²) in [6, 6.07) is 4.45. The molecule has 2 heteroatoms. The summed E-state index contributed by atoms with van der Waals surface area (Å²) in [5.41, 5.74) is 4.95. The molecule has 0 saturated heterocycles. The second-order valence-corrected chi connectivity index (χ2v) is 5.67. The smallest absolute Gasteiger partial charge is 0.312 e. The molecule has 0 N–H and O–H groups in total. The lowest BCUT2D eigenvalue weighted by atomic mass is 9.65. The van der Waals surface area contributed by atoms with Crippen molar-refractivity contribution in [3.8, 4) is 0 Å². The van der Waals surface area contributed by atoms with Gasteiger partial charge in [0, 0.05) is 0 Å². The fourth-order valence-corrected chi connectivity index (χ4v) is 2.85. The number of carbonyl (C=O) groups excluding carboxylic acids is 1. The van der Waals surface area contributed by atoms with E-state index in [0.29, 0.717) is 0 Å². The van der Waals surface area contributed by atoms with Crippen LogP contribution in [-0.2, 0) is 16.0 Å². The summed E-state index contributed by atoms with van der Waals surface area (Å²) >= 11 is 0. The Hall–Kier alpha value is -1.31. The third kappa shape index (κ3) is 2.16. The van der Waals surface area contributed by atoms with E-state index in [1.165, 1.54) is 29.4 Å². The van der Waals surface area contributed by atoms with Gasteiger partial charge in [-0.3, -0.25) is 4.79 Å². The van der Waals surface area contributed by atoms with Crippen molar-refractivity contribution < 1.29 is 9.53 Å². The Balaban J connectivity index is 2.28. The van der Waals surface area contributed by atoms with Crippen LogP contribution < -0.4 is 0 Å². The molecule has 2 rings (SSSR count). The maximum absolute atomic E-state index is 12.0. The van der Waals surface area contributed by atoms with Gasteiger partial charge < -0.3 is 4.74 Å². The van der Waals surface area contributed by atoms with Crippen LogP contribution in [0.15, 0.2) is 12.1 Å². The maximum atomic E-state index is 12.0.